The Morgan fingerprint density at radius 1 is 1.11 bits per heavy atom. The summed E-state index contributed by atoms with van der Waals surface area (Å²) in [7, 11) is 1.67. The molecule has 0 aromatic heterocycles. The third-order valence-corrected chi connectivity index (χ3v) is 5.36. The third kappa shape index (κ3) is 4.69. The molecule has 1 heterocycles. The van der Waals surface area contributed by atoms with Crippen molar-refractivity contribution in [3.8, 4) is 16.9 Å². The Bertz CT molecular complexity index is 748. The van der Waals surface area contributed by atoms with Gasteiger partial charge in [0.15, 0.2) is 0 Å². The zero-order chi connectivity index (χ0) is 19.1. The van der Waals surface area contributed by atoms with E-state index in [0.717, 1.165) is 49.1 Å². The van der Waals surface area contributed by atoms with E-state index in [1.807, 2.05) is 12.1 Å². The molecule has 0 spiro atoms. The molecule has 1 amide bonds. The number of ether oxygens (including phenoxy) is 2. The molecule has 0 atom stereocenters. The topological polar surface area (TPSA) is 47.6 Å². The summed E-state index contributed by atoms with van der Waals surface area (Å²) < 4.78 is 10.8. The molecule has 27 heavy (non-hydrogen) atoms. The lowest BCUT2D eigenvalue weighted by molar-refractivity contribution is -0.136. The predicted molar refractivity (Wildman–Crippen MR) is 108 cm³/mol. The Hall–Kier alpha value is -2.33. The fourth-order valence-electron chi connectivity index (χ4n) is 3.71. The van der Waals surface area contributed by atoms with Crippen LogP contribution < -0.4 is 10.1 Å². The molecule has 2 aromatic rings. The average Bonchev–Trinajstić information content (AvgIpc) is 2.73. The van der Waals surface area contributed by atoms with Gasteiger partial charge in [0.2, 0.25) is 5.91 Å². The summed E-state index contributed by atoms with van der Waals surface area (Å²) in [6.45, 7) is 4.11. The van der Waals surface area contributed by atoms with E-state index in [4.69, 9.17) is 9.47 Å². The first-order chi connectivity index (χ1) is 13.2. The van der Waals surface area contributed by atoms with Gasteiger partial charge in [-0.3, -0.25) is 4.79 Å². The Morgan fingerprint density at radius 2 is 1.85 bits per heavy atom. The van der Waals surface area contributed by atoms with Crippen molar-refractivity contribution in [1.29, 1.82) is 0 Å². The number of hydrogen-bond donors (Lipinski definition) is 1. The number of rotatable bonds is 7. The predicted octanol–water partition coefficient (Wildman–Crippen LogP) is 4.23. The SMILES string of the molecule is CCCNC(=O)C1(Cc2cccc(-c3ccc(OC)cc3)c2)CCOCC1. The second-order valence-corrected chi connectivity index (χ2v) is 7.25. The first-order valence-corrected chi connectivity index (χ1v) is 9.76. The van der Waals surface area contributed by atoms with E-state index in [2.05, 4.69) is 48.6 Å². The normalized spacial score (nSPS) is 15.9. The van der Waals surface area contributed by atoms with Crippen molar-refractivity contribution in [3.05, 3.63) is 54.1 Å². The van der Waals surface area contributed by atoms with Crippen LogP contribution in [0.1, 0.15) is 31.7 Å². The van der Waals surface area contributed by atoms with Gasteiger partial charge in [0.1, 0.15) is 5.75 Å². The molecule has 4 heteroatoms. The van der Waals surface area contributed by atoms with Crippen molar-refractivity contribution in [2.75, 3.05) is 26.9 Å². The van der Waals surface area contributed by atoms with Gasteiger partial charge in [-0.05, 0) is 54.5 Å². The second-order valence-electron chi connectivity index (χ2n) is 7.25. The molecule has 1 N–H and O–H groups in total. The molecule has 0 unspecified atom stereocenters. The Labute approximate surface area is 161 Å². The minimum absolute atomic E-state index is 0.169. The number of carbonyl (C=O) groups excluding carboxylic acids is 1. The van der Waals surface area contributed by atoms with Crippen LogP contribution >= 0.6 is 0 Å². The Balaban J connectivity index is 1.82. The fraction of sp³-hybridized carbons (Fsp3) is 0.435. The van der Waals surface area contributed by atoms with E-state index in [9.17, 15) is 4.79 Å². The van der Waals surface area contributed by atoms with Gasteiger partial charge < -0.3 is 14.8 Å². The molecule has 0 bridgehead atoms. The number of nitrogens with one attached hydrogen (secondary N) is 1. The first-order valence-electron chi connectivity index (χ1n) is 9.76. The van der Waals surface area contributed by atoms with Gasteiger partial charge in [-0.15, -0.1) is 0 Å². The molecular formula is C23H29NO3. The Morgan fingerprint density at radius 3 is 2.52 bits per heavy atom. The van der Waals surface area contributed by atoms with Crippen LogP contribution in [0.4, 0.5) is 0 Å². The van der Waals surface area contributed by atoms with Crippen LogP contribution in [0.2, 0.25) is 0 Å². The van der Waals surface area contributed by atoms with Gasteiger partial charge in [-0.2, -0.15) is 0 Å². The summed E-state index contributed by atoms with van der Waals surface area (Å²) in [4.78, 5) is 12.9. The van der Waals surface area contributed by atoms with Gasteiger partial charge in [0, 0.05) is 19.8 Å². The second kappa shape index (κ2) is 9.05. The number of amides is 1. The molecule has 2 aromatic carbocycles. The van der Waals surface area contributed by atoms with E-state index in [0.29, 0.717) is 13.2 Å². The zero-order valence-electron chi connectivity index (χ0n) is 16.3. The van der Waals surface area contributed by atoms with Crippen LogP contribution in [0, 0.1) is 5.41 Å². The minimum Gasteiger partial charge on any atom is -0.497 e. The van der Waals surface area contributed by atoms with E-state index < -0.39 is 0 Å². The highest BCUT2D eigenvalue weighted by molar-refractivity contribution is 5.83. The zero-order valence-corrected chi connectivity index (χ0v) is 16.3. The van der Waals surface area contributed by atoms with Crippen molar-refractivity contribution in [2.45, 2.75) is 32.6 Å². The van der Waals surface area contributed by atoms with Crippen LogP contribution in [0.3, 0.4) is 0 Å². The Kier molecular flexibility index (Phi) is 6.51. The molecule has 0 saturated carbocycles. The van der Waals surface area contributed by atoms with Gasteiger partial charge in [-0.1, -0.05) is 43.3 Å². The first kappa shape index (κ1) is 19.4. The van der Waals surface area contributed by atoms with E-state index >= 15 is 0 Å². The lowest BCUT2D eigenvalue weighted by Gasteiger charge is -2.36. The van der Waals surface area contributed by atoms with Crippen LogP contribution in [0.5, 0.6) is 5.75 Å². The summed E-state index contributed by atoms with van der Waals surface area (Å²) in [6, 6.07) is 16.6. The summed E-state index contributed by atoms with van der Waals surface area (Å²) in [6.07, 6.45) is 3.24. The van der Waals surface area contributed by atoms with E-state index in [1.54, 1.807) is 7.11 Å². The summed E-state index contributed by atoms with van der Waals surface area (Å²) in [5.41, 5.74) is 3.13. The van der Waals surface area contributed by atoms with Crippen molar-refractivity contribution < 1.29 is 14.3 Å². The van der Waals surface area contributed by atoms with Gasteiger partial charge in [0.25, 0.3) is 0 Å². The minimum atomic E-state index is -0.369. The molecule has 144 valence electrons. The van der Waals surface area contributed by atoms with Crippen LogP contribution in [0.15, 0.2) is 48.5 Å². The maximum atomic E-state index is 12.9. The van der Waals surface area contributed by atoms with E-state index in [1.165, 1.54) is 5.56 Å². The largest absolute Gasteiger partial charge is 0.497 e. The number of methoxy groups -OCH3 is 1. The number of hydrogen-bond acceptors (Lipinski definition) is 3. The maximum Gasteiger partial charge on any atom is 0.226 e. The summed E-state index contributed by atoms with van der Waals surface area (Å²) in [5, 5.41) is 3.11. The highest BCUT2D eigenvalue weighted by Crippen LogP contribution is 2.35. The maximum absolute atomic E-state index is 12.9. The molecular weight excluding hydrogens is 338 g/mol. The molecule has 1 aliphatic rings. The molecule has 1 fully saturated rings. The number of carbonyl (C=O) groups is 1. The van der Waals surface area contributed by atoms with Crippen molar-refractivity contribution in [1.82, 2.24) is 5.32 Å². The summed E-state index contributed by atoms with van der Waals surface area (Å²) >= 11 is 0. The smallest absolute Gasteiger partial charge is 0.226 e. The van der Waals surface area contributed by atoms with Crippen molar-refractivity contribution in [2.24, 2.45) is 5.41 Å². The van der Waals surface area contributed by atoms with Crippen molar-refractivity contribution in [3.63, 3.8) is 0 Å². The molecule has 4 nitrogen and oxygen atoms in total. The van der Waals surface area contributed by atoms with Crippen molar-refractivity contribution >= 4 is 5.91 Å². The van der Waals surface area contributed by atoms with Gasteiger partial charge in [-0.25, -0.2) is 0 Å². The quantitative estimate of drug-likeness (QED) is 0.797. The van der Waals surface area contributed by atoms with Gasteiger partial charge in [0.05, 0.1) is 12.5 Å². The molecule has 3 rings (SSSR count). The molecule has 1 aliphatic heterocycles. The fourth-order valence-corrected chi connectivity index (χ4v) is 3.71. The lowest BCUT2D eigenvalue weighted by atomic mass is 9.74. The molecule has 0 aliphatic carbocycles. The highest BCUT2D eigenvalue weighted by atomic mass is 16.5. The monoisotopic (exact) mass is 367 g/mol. The standard InChI is InChI=1S/C23H29NO3/c1-3-13-24-22(25)23(11-14-27-15-12-23)17-18-5-4-6-20(16-18)19-7-9-21(26-2)10-8-19/h4-10,16H,3,11-15,17H2,1-2H3,(H,24,25). The number of benzene rings is 2. The highest BCUT2D eigenvalue weighted by Gasteiger charge is 2.39. The average molecular weight is 367 g/mol. The lowest BCUT2D eigenvalue weighted by Crippen LogP contribution is -2.46. The molecule has 0 radical (unpaired) electrons. The van der Waals surface area contributed by atoms with Crippen LogP contribution in [0.25, 0.3) is 11.1 Å². The third-order valence-electron chi connectivity index (χ3n) is 5.36. The van der Waals surface area contributed by atoms with Crippen LogP contribution in [-0.2, 0) is 16.0 Å². The summed E-state index contributed by atoms with van der Waals surface area (Å²) in [5.74, 6) is 1.02. The van der Waals surface area contributed by atoms with Crippen LogP contribution in [-0.4, -0.2) is 32.8 Å². The van der Waals surface area contributed by atoms with Gasteiger partial charge >= 0.3 is 0 Å². The molecule has 1 saturated heterocycles. The van der Waals surface area contributed by atoms with E-state index in [-0.39, 0.29) is 11.3 Å².